The van der Waals surface area contributed by atoms with Gasteiger partial charge in [0.25, 0.3) is 0 Å². The molecule has 0 radical (unpaired) electrons. The van der Waals surface area contributed by atoms with Crippen LogP contribution in [0.15, 0.2) is 54.6 Å². The lowest BCUT2D eigenvalue weighted by Crippen LogP contribution is -2.17. The first-order chi connectivity index (χ1) is 24.4. The Bertz CT molecular complexity index is 1220. The highest BCUT2D eigenvalue weighted by atomic mass is 28.2. The first-order valence-electron chi connectivity index (χ1n) is 19.0. The lowest BCUT2D eigenvalue weighted by Gasteiger charge is -2.30. The highest BCUT2D eigenvalue weighted by molar-refractivity contribution is 6.55. The molecule has 3 rings (SSSR count). The fraction of sp³-hybridized carbons (Fsp3) is 0.550. The molecule has 0 aliphatic heterocycles. The van der Waals surface area contributed by atoms with E-state index in [-0.39, 0.29) is 28.6 Å². The van der Waals surface area contributed by atoms with Crippen molar-refractivity contribution < 1.29 is 28.4 Å². The molecule has 0 unspecified atom stereocenters. The summed E-state index contributed by atoms with van der Waals surface area (Å²) < 4.78 is 33.7. The molecule has 278 valence electrons. The van der Waals surface area contributed by atoms with Crippen molar-refractivity contribution in [1.29, 1.82) is 0 Å². The van der Waals surface area contributed by atoms with Gasteiger partial charge in [-0.05, 0) is 38.8 Å². The minimum Gasteiger partial charge on any atom is -0.493 e. The summed E-state index contributed by atoms with van der Waals surface area (Å²) in [6, 6.07) is 23.0. The van der Waals surface area contributed by atoms with E-state index in [2.05, 4.69) is 36.4 Å². The molecule has 0 N–H and O–H groups in total. The Morgan fingerprint density at radius 1 is 0.420 bits per heavy atom. The Balaban J connectivity index is 1.45. The van der Waals surface area contributed by atoms with Gasteiger partial charge in [-0.2, -0.15) is 0 Å². The van der Waals surface area contributed by atoms with Crippen molar-refractivity contribution in [3.63, 3.8) is 0 Å². The molecular weight excluding hydrogens is 689 g/mol. The second-order valence-electron chi connectivity index (χ2n) is 14.0. The number of unbranched alkanes of at least 4 members (excludes halogenated alkanes) is 6. The molecule has 0 aliphatic carbocycles. The van der Waals surface area contributed by atoms with Gasteiger partial charge in [-0.15, -0.1) is 0 Å². The van der Waals surface area contributed by atoms with Gasteiger partial charge in [-0.25, -0.2) is 0 Å². The summed E-state index contributed by atoms with van der Waals surface area (Å²) in [6.45, 7) is 0. The third kappa shape index (κ3) is 13.5. The van der Waals surface area contributed by atoms with E-state index >= 15 is 0 Å². The summed E-state index contributed by atoms with van der Waals surface area (Å²) in [5, 5.41) is 4.76. The Hall–Kier alpha value is -2.67. The van der Waals surface area contributed by atoms with Gasteiger partial charge in [-0.1, -0.05) is 132 Å². The SMILES string of the molecule is COc1cccc([SiH2]CCCCCC([SiH3])(CCCCC[SiH2]c2cccc(OC)c2OC)CCCCC[SiH2]c2cccc(OC)c2OC)c1OC. The highest BCUT2D eigenvalue weighted by Gasteiger charge is 2.23. The van der Waals surface area contributed by atoms with Crippen molar-refractivity contribution in [3.05, 3.63) is 54.6 Å². The van der Waals surface area contributed by atoms with Crippen LogP contribution in [0.1, 0.15) is 77.0 Å². The molecule has 0 saturated carbocycles. The highest BCUT2D eigenvalue weighted by Crippen LogP contribution is 2.41. The number of hydrogen-bond acceptors (Lipinski definition) is 6. The Morgan fingerprint density at radius 2 is 0.720 bits per heavy atom. The molecule has 3 aromatic rings. The van der Waals surface area contributed by atoms with Crippen LogP contribution in [0.4, 0.5) is 0 Å². The quantitative estimate of drug-likeness (QED) is 0.0810. The van der Waals surface area contributed by atoms with Crippen LogP contribution in [-0.2, 0) is 0 Å². The van der Waals surface area contributed by atoms with Crippen LogP contribution < -0.4 is 44.0 Å². The lowest BCUT2D eigenvalue weighted by molar-refractivity contribution is 0.357. The smallest absolute Gasteiger partial charge is 0.160 e. The van der Waals surface area contributed by atoms with Crippen LogP contribution in [0.2, 0.25) is 23.2 Å². The second-order valence-corrected chi connectivity index (χ2v) is 22.0. The third-order valence-corrected chi connectivity index (χ3v) is 17.7. The zero-order valence-corrected chi connectivity index (χ0v) is 38.6. The van der Waals surface area contributed by atoms with Crippen LogP contribution in [0.25, 0.3) is 0 Å². The molecule has 0 heterocycles. The van der Waals surface area contributed by atoms with E-state index in [4.69, 9.17) is 28.4 Å². The minimum absolute atomic E-state index is 0.362. The van der Waals surface area contributed by atoms with E-state index in [0.29, 0.717) is 5.04 Å². The average molecular weight is 755 g/mol. The van der Waals surface area contributed by atoms with Crippen LogP contribution in [0, 0.1) is 0 Å². The van der Waals surface area contributed by atoms with Crippen LogP contribution in [0.5, 0.6) is 34.5 Å². The molecule has 50 heavy (non-hydrogen) atoms. The van der Waals surface area contributed by atoms with E-state index in [1.54, 1.807) is 42.7 Å². The fourth-order valence-corrected chi connectivity index (χ4v) is 14.0. The van der Waals surface area contributed by atoms with Crippen molar-refractivity contribution in [3.8, 4) is 34.5 Å². The molecule has 0 bridgehead atoms. The standard InChI is InChI=1S/C40H66O6Si4/c1-41-31-19-16-22-34(37(31)44-4)48-28-13-7-10-25-40(47,26-11-8-14-29-49-35-23-17-20-32(42-2)38(35)45-5)27-12-9-15-30-50-36-24-18-21-33(43-3)39(36)46-6/h16-24H,7-15,25-30,48-50H2,1-6,47H3. The summed E-state index contributed by atoms with van der Waals surface area (Å²) in [5.41, 5.74) is 0. The van der Waals surface area contributed by atoms with Gasteiger partial charge in [0.05, 0.1) is 71.2 Å². The predicted octanol–water partition coefficient (Wildman–Crippen LogP) is 4.98. The number of benzene rings is 3. The molecule has 0 amide bonds. The molecule has 3 aromatic carbocycles. The average Bonchev–Trinajstić information content (AvgIpc) is 3.15. The van der Waals surface area contributed by atoms with E-state index in [1.807, 2.05) is 18.2 Å². The zero-order valence-electron chi connectivity index (χ0n) is 32.4. The van der Waals surface area contributed by atoms with Crippen molar-refractivity contribution >= 4 is 54.4 Å². The number of methoxy groups -OCH3 is 6. The van der Waals surface area contributed by atoms with Crippen molar-refractivity contribution in [2.45, 2.75) is 100 Å². The van der Waals surface area contributed by atoms with Gasteiger partial charge in [-0.3, -0.25) is 0 Å². The molecule has 10 heteroatoms. The van der Waals surface area contributed by atoms with Crippen LogP contribution >= 0.6 is 0 Å². The van der Waals surface area contributed by atoms with Gasteiger partial charge >= 0.3 is 0 Å². The molecule has 0 spiro atoms. The summed E-state index contributed by atoms with van der Waals surface area (Å²) in [4.78, 5) is 0. The Labute approximate surface area is 313 Å². The largest absolute Gasteiger partial charge is 0.493 e. The van der Waals surface area contributed by atoms with Gasteiger partial charge < -0.3 is 28.4 Å². The number of para-hydroxylation sites is 3. The van der Waals surface area contributed by atoms with Crippen molar-refractivity contribution in [2.75, 3.05) is 42.7 Å². The van der Waals surface area contributed by atoms with Crippen molar-refractivity contribution in [1.82, 2.24) is 0 Å². The molecular formula is C40H66O6Si4. The lowest BCUT2D eigenvalue weighted by atomic mass is 9.88. The van der Waals surface area contributed by atoms with E-state index in [0.717, 1.165) is 34.5 Å². The summed E-state index contributed by atoms with van der Waals surface area (Å²) >= 11 is 0. The number of ether oxygens (including phenoxy) is 6. The second kappa shape index (κ2) is 23.7. The fourth-order valence-electron chi connectivity index (χ4n) is 7.49. The molecule has 0 fully saturated rings. The Morgan fingerprint density at radius 3 is 0.980 bits per heavy atom. The van der Waals surface area contributed by atoms with Crippen molar-refractivity contribution in [2.24, 2.45) is 0 Å². The van der Waals surface area contributed by atoms with Gasteiger partial charge in [0, 0.05) is 10.2 Å². The Kier molecular flexibility index (Phi) is 19.8. The number of hydrogen-bond donors (Lipinski definition) is 0. The molecule has 0 atom stereocenters. The summed E-state index contributed by atoms with van der Waals surface area (Å²) in [7, 11) is 10.7. The molecule has 6 nitrogen and oxygen atoms in total. The topological polar surface area (TPSA) is 55.4 Å². The summed E-state index contributed by atoms with van der Waals surface area (Å²) in [6.07, 6.45) is 16.4. The third-order valence-electron chi connectivity index (χ3n) is 10.4. The predicted molar refractivity (Wildman–Crippen MR) is 226 cm³/mol. The minimum atomic E-state index is -0.362. The van der Waals surface area contributed by atoms with Gasteiger partial charge in [0.15, 0.2) is 34.5 Å². The maximum atomic E-state index is 5.70. The molecule has 0 aromatic heterocycles. The van der Waals surface area contributed by atoms with Crippen LogP contribution in [0.3, 0.4) is 0 Å². The van der Waals surface area contributed by atoms with E-state index in [9.17, 15) is 0 Å². The first-order valence-corrected chi connectivity index (χ1v) is 25.1. The normalized spacial score (nSPS) is 13.1. The first kappa shape index (κ1) is 41.7. The maximum Gasteiger partial charge on any atom is 0.160 e. The van der Waals surface area contributed by atoms with E-state index < -0.39 is 0 Å². The number of rotatable bonds is 27. The molecule has 0 aliphatic rings. The maximum absolute atomic E-state index is 5.70. The molecule has 0 saturated heterocycles. The van der Waals surface area contributed by atoms with Gasteiger partial charge in [0.1, 0.15) is 0 Å². The monoisotopic (exact) mass is 754 g/mol. The summed E-state index contributed by atoms with van der Waals surface area (Å²) in [5.74, 6) is 5.45. The zero-order chi connectivity index (χ0) is 36.0. The van der Waals surface area contributed by atoms with E-state index in [1.165, 1.54) is 121 Å². The van der Waals surface area contributed by atoms with Gasteiger partial charge in [0.2, 0.25) is 0 Å². The van der Waals surface area contributed by atoms with Crippen LogP contribution in [-0.4, -0.2) is 81.5 Å².